The quantitative estimate of drug-likeness (QED) is 0.856. The molecule has 3 atom stereocenters. The predicted molar refractivity (Wildman–Crippen MR) is 70.3 cm³/mol. The summed E-state index contributed by atoms with van der Waals surface area (Å²) in [4.78, 5) is 24.4. The molecule has 2 N–H and O–H groups in total. The number of nitrogens with zero attached hydrogens (tertiary/aromatic N) is 1. The van der Waals surface area contributed by atoms with Gasteiger partial charge in [-0.1, -0.05) is 12.1 Å². The van der Waals surface area contributed by atoms with Gasteiger partial charge in [0.1, 0.15) is 6.23 Å². The number of ether oxygens (including phenoxy) is 1. The molecular formula is C14H16N2O4. The fraction of sp³-hybridized carbons (Fsp3) is 0.429. The van der Waals surface area contributed by atoms with Crippen LogP contribution in [0, 0.1) is 5.92 Å². The minimum Gasteiger partial charge on any atom is -0.478 e. The molecule has 6 nitrogen and oxygen atoms in total. The number of nitrogens with one attached hydrogen (secondary N) is 1. The molecule has 20 heavy (non-hydrogen) atoms. The third-order valence-corrected chi connectivity index (χ3v) is 4.03. The van der Waals surface area contributed by atoms with Crippen molar-refractivity contribution < 1.29 is 19.4 Å². The first-order valence-corrected chi connectivity index (χ1v) is 6.56. The summed E-state index contributed by atoms with van der Waals surface area (Å²) in [5.74, 6) is -0.764. The normalized spacial score (nSPS) is 28.9. The summed E-state index contributed by atoms with van der Waals surface area (Å²) in [7, 11) is 1.72. The van der Waals surface area contributed by atoms with Crippen LogP contribution in [0.25, 0.3) is 0 Å². The van der Waals surface area contributed by atoms with Gasteiger partial charge in [0, 0.05) is 19.6 Å². The van der Waals surface area contributed by atoms with Gasteiger partial charge < -0.3 is 20.1 Å². The van der Waals surface area contributed by atoms with Crippen LogP contribution in [-0.2, 0) is 4.74 Å². The van der Waals surface area contributed by atoms with E-state index in [1.54, 1.807) is 36.2 Å². The third-order valence-electron chi connectivity index (χ3n) is 4.03. The van der Waals surface area contributed by atoms with E-state index in [0.29, 0.717) is 6.61 Å². The van der Waals surface area contributed by atoms with E-state index in [2.05, 4.69) is 5.32 Å². The fourth-order valence-corrected chi connectivity index (χ4v) is 2.94. The Balaban J connectivity index is 1.88. The average Bonchev–Trinajstić information content (AvgIpc) is 2.92. The molecule has 3 rings (SSSR count). The standard InChI is InChI=1S/C14H16N2O4/c1-16-12-10(6-7-20-12)11(15-14(16)19)8-2-4-9(5-3-8)13(17)18/h2-5,10-12H,6-7H2,1H3,(H,15,19)(H,17,18)/t10-,11-,12-/m0/s1. The van der Waals surface area contributed by atoms with Crippen LogP contribution in [0.15, 0.2) is 24.3 Å². The van der Waals surface area contributed by atoms with Gasteiger partial charge in [0.15, 0.2) is 0 Å². The van der Waals surface area contributed by atoms with Gasteiger partial charge in [0.2, 0.25) is 0 Å². The first-order valence-electron chi connectivity index (χ1n) is 6.56. The molecule has 6 heteroatoms. The van der Waals surface area contributed by atoms with E-state index in [0.717, 1.165) is 12.0 Å². The third kappa shape index (κ3) is 2.02. The molecule has 106 valence electrons. The van der Waals surface area contributed by atoms with E-state index in [1.807, 2.05) is 0 Å². The molecule has 1 aromatic rings. The number of benzene rings is 1. The maximum Gasteiger partial charge on any atom is 0.335 e. The molecule has 2 heterocycles. The molecule has 0 unspecified atom stereocenters. The Bertz CT molecular complexity index is 543. The highest BCUT2D eigenvalue weighted by atomic mass is 16.5. The molecular weight excluding hydrogens is 260 g/mol. The highest BCUT2D eigenvalue weighted by Gasteiger charge is 2.44. The molecule has 0 saturated carbocycles. The number of carbonyl (C=O) groups is 2. The average molecular weight is 276 g/mol. The Morgan fingerprint density at radius 2 is 2.10 bits per heavy atom. The number of carbonyl (C=O) groups excluding carboxylic acids is 1. The molecule has 0 aromatic heterocycles. The van der Waals surface area contributed by atoms with Gasteiger partial charge in [0.05, 0.1) is 11.6 Å². The van der Waals surface area contributed by atoms with Crippen molar-refractivity contribution in [1.82, 2.24) is 10.2 Å². The zero-order valence-electron chi connectivity index (χ0n) is 11.1. The number of carboxylic acid groups (broad SMARTS) is 1. The van der Waals surface area contributed by atoms with Gasteiger partial charge in [-0.05, 0) is 24.1 Å². The lowest BCUT2D eigenvalue weighted by Gasteiger charge is -2.39. The SMILES string of the molecule is CN1C(=O)N[C@@H](c2ccc(C(=O)O)cc2)[C@@H]2CCO[C@@H]21. The summed E-state index contributed by atoms with van der Waals surface area (Å²) in [6.45, 7) is 0.637. The summed E-state index contributed by atoms with van der Waals surface area (Å²) in [6.07, 6.45) is 0.675. The second-order valence-electron chi connectivity index (χ2n) is 5.18. The number of aromatic carboxylic acids is 1. The number of urea groups is 1. The fourth-order valence-electron chi connectivity index (χ4n) is 2.94. The van der Waals surface area contributed by atoms with Gasteiger partial charge in [-0.25, -0.2) is 9.59 Å². The van der Waals surface area contributed by atoms with Gasteiger partial charge >= 0.3 is 12.0 Å². The predicted octanol–water partition coefficient (Wildman–Crippen LogP) is 1.44. The van der Waals surface area contributed by atoms with Crippen molar-refractivity contribution in [3.8, 4) is 0 Å². The van der Waals surface area contributed by atoms with Crippen LogP contribution in [0.1, 0.15) is 28.4 Å². The van der Waals surface area contributed by atoms with E-state index in [9.17, 15) is 9.59 Å². The van der Waals surface area contributed by atoms with Crippen molar-refractivity contribution in [3.05, 3.63) is 35.4 Å². The van der Waals surface area contributed by atoms with Crippen LogP contribution in [0.3, 0.4) is 0 Å². The number of rotatable bonds is 2. The van der Waals surface area contributed by atoms with E-state index < -0.39 is 5.97 Å². The first kappa shape index (κ1) is 12.9. The van der Waals surface area contributed by atoms with Gasteiger partial charge in [-0.3, -0.25) is 0 Å². The number of amides is 2. The van der Waals surface area contributed by atoms with E-state index in [-0.39, 0.29) is 29.8 Å². The van der Waals surface area contributed by atoms with Crippen LogP contribution in [0.2, 0.25) is 0 Å². The van der Waals surface area contributed by atoms with E-state index in [4.69, 9.17) is 9.84 Å². The molecule has 0 bridgehead atoms. The van der Waals surface area contributed by atoms with Crippen molar-refractivity contribution in [2.24, 2.45) is 5.92 Å². The Morgan fingerprint density at radius 3 is 2.75 bits per heavy atom. The lowest BCUT2D eigenvalue weighted by atomic mass is 9.88. The molecule has 0 aliphatic carbocycles. The number of hydrogen-bond donors (Lipinski definition) is 2. The van der Waals surface area contributed by atoms with Crippen LogP contribution in [-0.4, -0.2) is 41.9 Å². The second-order valence-corrected chi connectivity index (χ2v) is 5.18. The van der Waals surface area contributed by atoms with Crippen molar-refractivity contribution in [2.45, 2.75) is 18.7 Å². The molecule has 2 aliphatic heterocycles. The number of carboxylic acids is 1. The molecule has 2 aliphatic rings. The zero-order chi connectivity index (χ0) is 14.3. The monoisotopic (exact) mass is 276 g/mol. The number of fused-ring (bicyclic) bond motifs is 1. The lowest BCUT2D eigenvalue weighted by molar-refractivity contribution is -0.0273. The van der Waals surface area contributed by atoms with Gasteiger partial charge in [-0.15, -0.1) is 0 Å². The Kier molecular flexibility index (Phi) is 3.10. The Hall–Kier alpha value is -2.08. The molecule has 1 aromatic carbocycles. The minimum absolute atomic E-state index is 0.131. The maximum atomic E-state index is 11.9. The van der Waals surface area contributed by atoms with E-state index >= 15 is 0 Å². The largest absolute Gasteiger partial charge is 0.478 e. The summed E-state index contributed by atoms with van der Waals surface area (Å²) in [5.41, 5.74) is 1.16. The summed E-state index contributed by atoms with van der Waals surface area (Å²) >= 11 is 0. The summed E-state index contributed by atoms with van der Waals surface area (Å²) < 4.78 is 5.62. The smallest absolute Gasteiger partial charge is 0.335 e. The zero-order valence-corrected chi connectivity index (χ0v) is 11.1. The minimum atomic E-state index is -0.953. The highest BCUT2D eigenvalue weighted by Crippen LogP contribution is 2.37. The Labute approximate surface area is 116 Å². The molecule has 2 fully saturated rings. The van der Waals surface area contributed by atoms with Gasteiger partial charge in [-0.2, -0.15) is 0 Å². The topological polar surface area (TPSA) is 78.9 Å². The Morgan fingerprint density at radius 1 is 1.40 bits per heavy atom. The molecule has 0 spiro atoms. The van der Waals surface area contributed by atoms with Crippen molar-refractivity contribution in [3.63, 3.8) is 0 Å². The van der Waals surface area contributed by atoms with Crippen molar-refractivity contribution in [2.75, 3.05) is 13.7 Å². The second kappa shape index (κ2) is 4.79. The molecule has 2 saturated heterocycles. The van der Waals surface area contributed by atoms with Crippen LogP contribution >= 0.6 is 0 Å². The molecule has 0 radical (unpaired) electrons. The van der Waals surface area contributed by atoms with Crippen LogP contribution < -0.4 is 5.32 Å². The van der Waals surface area contributed by atoms with Crippen LogP contribution in [0.5, 0.6) is 0 Å². The molecule has 2 amide bonds. The first-order chi connectivity index (χ1) is 9.58. The van der Waals surface area contributed by atoms with Crippen molar-refractivity contribution in [1.29, 1.82) is 0 Å². The summed E-state index contributed by atoms with van der Waals surface area (Å²) in [5, 5.41) is 11.9. The highest BCUT2D eigenvalue weighted by molar-refractivity contribution is 5.87. The van der Waals surface area contributed by atoms with Gasteiger partial charge in [0.25, 0.3) is 0 Å². The van der Waals surface area contributed by atoms with E-state index in [1.165, 1.54) is 0 Å². The summed E-state index contributed by atoms with van der Waals surface area (Å²) in [6, 6.07) is 6.35. The van der Waals surface area contributed by atoms with Crippen LogP contribution in [0.4, 0.5) is 4.79 Å². The van der Waals surface area contributed by atoms with Crippen molar-refractivity contribution >= 4 is 12.0 Å². The lowest BCUT2D eigenvalue weighted by Crippen LogP contribution is -2.55. The number of hydrogen-bond acceptors (Lipinski definition) is 3. The maximum absolute atomic E-state index is 11.9.